The van der Waals surface area contributed by atoms with Gasteiger partial charge in [0, 0.05) is 23.7 Å². The standard InChI is InChI=1S/C17H17N5O3/c1-10-8-14(23)19-16(18-10)13-9-22(6-7-25-13)17(24)15-11-4-2-3-5-12(11)20-21-15/h2-5,8,13H,6-7,9H2,1H3,(H,20,21)(H,18,19,23). The fourth-order valence-electron chi connectivity index (χ4n) is 3.03. The van der Waals surface area contributed by atoms with E-state index in [2.05, 4.69) is 20.2 Å². The second-order valence-electron chi connectivity index (χ2n) is 6.00. The molecule has 1 fully saturated rings. The summed E-state index contributed by atoms with van der Waals surface area (Å²) in [6.07, 6.45) is -0.462. The number of fused-ring (bicyclic) bond motifs is 1. The number of ether oxygens (including phenoxy) is 1. The Kier molecular flexibility index (Phi) is 3.81. The molecule has 3 aromatic rings. The van der Waals surface area contributed by atoms with Gasteiger partial charge in [0.25, 0.3) is 11.5 Å². The molecule has 2 N–H and O–H groups in total. The molecule has 1 saturated heterocycles. The second-order valence-corrected chi connectivity index (χ2v) is 6.00. The Bertz CT molecular complexity index is 993. The van der Waals surface area contributed by atoms with Gasteiger partial charge in [0.2, 0.25) is 0 Å². The van der Waals surface area contributed by atoms with Crippen molar-refractivity contribution in [3.05, 3.63) is 57.9 Å². The summed E-state index contributed by atoms with van der Waals surface area (Å²) in [5.74, 6) is 0.273. The predicted octanol–water partition coefficient (Wildman–Crippen LogP) is 1.17. The van der Waals surface area contributed by atoms with E-state index in [1.165, 1.54) is 6.07 Å². The van der Waals surface area contributed by atoms with Gasteiger partial charge < -0.3 is 14.6 Å². The number of morpholine rings is 1. The fraction of sp³-hybridized carbons (Fsp3) is 0.294. The van der Waals surface area contributed by atoms with Crippen LogP contribution in [0.15, 0.2) is 35.1 Å². The van der Waals surface area contributed by atoms with Crippen LogP contribution in [0.25, 0.3) is 10.9 Å². The van der Waals surface area contributed by atoms with Crippen molar-refractivity contribution in [3.63, 3.8) is 0 Å². The molecule has 1 atom stereocenters. The van der Waals surface area contributed by atoms with Crippen LogP contribution in [0.2, 0.25) is 0 Å². The number of hydrogen-bond acceptors (Lipinski definition) is 5. The zero-order chi connectivity index (χ0) is 17.4. The molecule has 8 heteroatoms. The molecule has 2 aromatic heterocycles. The zero-order valence-corrected chi connectivity index (χ0v) is 13.7. The van der Waals surface area contributed by atoms with Crippen molar-refractivity contribution in [1.82, 2.24) is 25.1 Å². The molecule has 8 nitrogen and oxygen atoms in total. The number of carbonyl (C=O) groups excluding carboxylic acids is 1. The molecule has 0 spiro atoms. The number of amides is 1. The molecule has 1 aliphatic heterocycles. The molecular weight excluding hydrogens is 322 g/mol. The summed E-state index contributed by atoms with van der Waals surface area (Å²) >= 11 is 0. The van der Waals surface area contributed by atoms with E-state index in [9.17, 15) is 9.59 Å². The smallest absolute Gasteiger partial charge is 0.275 e. The van der Waals surface area contributed by atoms with E-state index in [4.69, 9.17) is 4.74 Å². The minimum absolute atomic E-state index is 0.166. The first-order valence-electron chi connectivity index (χ1n) is 8.03. The number of hydrogen-bond donors (Lipinski definition) is 2. The van der Waals surface area contributed by atoms with Crippen LogP contribution in [-0.4, -0.2) is 50.7 Å². The van der Waals surface area contributed by atoms with Crippen LogP contribution >= 0.6 is 0 Å². The summed E-state index contributed by atoms with van der Waals surface area (Å²) in [6.45, 7) is 2.90. The number of H-pyrrole nitrogens is 2. The molecule has 3 heterocycles. The van der Waals surface area contributed by atoms with Gasteiger partial charge in [-0.25, -0.2) is 4.98 Å². The third-order valence-electron chi connectivity index (χ3n) is 4.22. The van der Waals surface area contributed by atoms with Crippen LogP contribution in [0.3, 0.4) is 0 Å². The van der Waals surface area contributed by atoms with Gasteiger partial charge in [-0.1, -0.05) is 18.2 Å². The van der Waals surface area contributed by atoms with Crippen LogP contribution in [0.1, 0.15) is 28.1 Å². The summed E-state index contributed by atoms with van der Waals surface area (Å²) in [7, 11) is 0. The maximum absolute atomic E-state index is 12.9. The summed E-state index contributed by atoms with van der Waals surface area (Å²) < 4.78 is 5.70. The second kappa shape index (κ2) is 6.14. The zero-order valence-electron chi connectivity index (χ0n) is 13.7. The van der Waals surface area contributed by atoms with Gasteiger partial charge in [0.1, 0.15) is 11.9 Å². The number of carbonyl (C=O) groups is 1. The van der Waals surface area contributed by atoms with Crippen LogP contribution in [-0.2, 0) is 4.74 Å². The number of benzene rings is 1. The van der Waals surface area contributed by atoms with Crippen molar-refractivity contribution in [2.75, 3.05) is 19.7 Å². The van der Waals surface area contributed by atoms with Gasteiger partial charge in [0.15, 0.2) is 5.69 Å². The molecule has 1 aromatic carbocycles. The van der Waals surface area contributed by atoms with Gasteiger partial charge >= 0.3 is 0 Å². The highest BCUT2D eigenvalue weighted by Crippen LogP contribution is 2.22. The minimum atomic E-state index is -0.462. The van der Waals surface area contributed by atoms with E-state index >= 15 is 0 Å². The van der Waals surface area contributed by atoms with Gasteiger partial charge in [-0.3, -0.25) is 14.7 Å². The number of para-hydroxylation sites is 1. The minimum Gasteiger partial charge on any atom is -0.367 e. The molecular formula is C17H17N5O3. The van der Waals surface area contributed by atoms with Gasteiger partial charge in [0.05, 0.1) is 18.7 Å². The molecule has 128 valence electrons. The maximum Gasteiger partial charge on any atom is 0.275 e. The van der Waals surface area contributed by atoms with Gasteiger partial charge in [-0.05, 0) is 13.0 Å². The Morgan fingerprint density at radius 3 is 3.04 bits per heavy atom. The third-order valence-corrected chi connectivity index (χ3v) is 4.22. The summed E-state index contributed by atoms with van der Waals surface area (Å²) in [5.41, 5.74) is 1.60. The fourth-order valence-corrected chi connectivity index (χ4v) is 3.03. The monoisotopic (exact) mass is 339 g/mol. The molecule has 1 amide bonds. The van der Waals surface area contributed by atoms with Crippen molar-refractivity contribution in [2.24, 2.45) is 0 Å². The number of aryl methyl sites for hydroxylation is 1. The Hall–Kier alpha value is -3.00. The normalized spacial score (nSPS) is 17.8. The molecule has 0 saturated carbocycles. The van der Waals surface area contributed by atoms with Crippen molar-refractivity contribution >= 4 is 16.8 Å². The molecule has 0 radical (unpaired) electrons. The lowest BCUT2D eigenvalue weighted by molar-refractivity contribution is -0.0271. The van der Waals surface area contributed by atoms with Crippen molar-refractivity contribution in [3.8, 4) is 0 Å². The van der Waals surface area contributed by atoms with E-state index in [1.54, 1.807) is 11.8 Å². The highest BCUT2D eigenvalue weighted by molar-refractivity contribution is 6.04. The Balaban J connectivity index is 1.60. The number of aromatic amines is 2. The van der Waals surface area contributed by atoms with E-state index in [0.29, 0.717) is 36.9 Å². The van der Waals surface area contributed by atoms with Gasteiger partial charge in [-0.15, -0.1) is 0 Å². The summed E-state index contributed by atoms with van der Waals surface area (Å²) in [4.78, 5) is 33.2. The average Bonchev–Trinajstić information content (AvgIpc) is 3.04. The average molecular weight is 339 g/mol. The molecule has 1 unspecified atom stereocenters. The number of nitrogens with one attached hydrogen (secondary N) is 2. The topological polar surface area (TPSA) is 104 Å². The molecule has 0 bridgehead atoms. The highest BCUT2D eigenvalue weighted by Gasteiger charge is 2.29. The van der Waals surface area contributed by atoms with E-state index < -0.39 is 6.10 Å². The molecule has 1 aliphatic rings. The van der Waals surface area contributed by atoms with Crippen LogP contribution in [0, 0.1) is 6.92 Å². The molecule has 4 rings (SSSR count). The van der Waals surface area contributed by atoms with Crippen LogP contribution in [0.4, 0.5) is 0 Å². The van der Waals surface area contributed by atoms with Crippen LogP contribution in [0.5, 0.6) is 0 Å². The lowest BCUT2D eigenvalue weighted by Gasteiger charge is -2.32. The summed E-state index contributed by atoms with van der Waals surface area (Å²) in [6, 6.07) is 8.93. The number of rotatable bonds is 2. The predicted molar refractivity (Wildman–Crippen MR) is 90.3 cm³/mol. The third kappa shape index (κ3) is 2.91. The van der Waals surface area contributed by atoms with Crippen molar-refractivity contribution in [2.45, 2.75) is 13.0 Å². The van der Waals surface area contributed by atoms with E-state index in [1.807, 2.05) is 24.3 Å². The van der Waals surface area contributed by atoms with E-state index in [-0.39, 0.29) is 11.5 Å². The van der Waals surface area contributed by atoms with Crippen LogP contribution < -0.4 is 5.56 Å². The molecule has 0 aliphatic carbocycles. The van der Waals surface area contributed by atoms with Crippen molar-refractivity contribution in [1.29, 1.82) is 0 Å². The Morgan fingerprint density at radius 1 is 1.36 bits per heavy atom. The number of aromatic nitrogens is 4. The first kappa shape index (κ1) is 15.5. The maximum atomic E-state index is 12.9. The Morgan fingerprint density at radius 2 is 2.20 bits per heavy atom. The SMILES string of the molecule is Cc1cc(=O)[nH]c(C2CN(C(=O)c3n[nH]c4ccccc34)CCO2)n1. The highest BCUT2D eigenvalue weighted by atomic mass is 16.5. The summed E-state index contributed by atoms with van der Waals surface area (Å²) in [5, 5.41) is 7.83. The lowest BCUT2D eigenvalue weighted by Crippen LogP contribution is -2.43. The first-order valence-corrected chi connectivity index (χ1v) is 8.03. The quantitative estimate of drug-likeness (QED) is 0.729. The largest absolute Gasteiger partial charge is 0.367 e. The number of nitrogens with zero attached hydrogens (tertiary/aromatic N) is 3. The van der Waals surface area contributed by atoms with E-state index in [0.717, 1.165) is 10.9 Å². The van der Waals surface area contributed by atoms with Crippen molar-refractivity contribution < 1.29 is 9.53 Å². The lowest BCUT2D eigenvalue weighted by atomic mass is 10.1. The Labute approximate surface area is 142 Å². The molecule has 25 heavy (non-hydrogen) atoms. The first-order chi connectivity index (χ1) is 12.1. The van der Waals surface area contributed by atoms with Gasteiger partial charge in [-0.2, -0.15) is 5.10 Å².